The third-order valence-electron chi connectivity index (χ3n) is 5.77. The fourth-order valence-corrected chi connectivity index (χ4v) is 4.77. The monoisotopic (exact) mass is 509 g/mol. The van der Waals surface area contributed by atoms with Gasteiger partial charge in [-0.1, -0.05) is 36.4 Å². The molecule has 2 heterocycles. The summed E-state index contributed by atoms with van der Waals surface area (Å²) in [4.78, 5) is 9.83. The van der Waals surface area contributed by atoms with Gasteiger partial charge in [-0.25, -0.2) is 23.5 Å². The lowest BCUT2D eigenvalue weighted by atomic mass is 10.0. The number of hydrogen-bond donors (Lipinski definition) is 2. The van der Waals surface area contributed by atoms with Crippen LogP contribution in [0.5, 0.6) is 0 Å². The number of sulfonamides is 1. The summed E-state index contributed by atoms with van der Waals surface area (Å²) in [6, 6.07) is 11.3. The Kier molecular flexibility index (Phi) is 6.95. The van der Waals surface area contributed by atoms with Crippen LogP contribution in [0.25, 0.3) is 0 Å². The van der Waals surface area contributed by atoms with Gasteiger partial charge >= 0.3 is 6.18 Å². The molecule has 2 aromatic carbocycles. The minimum Gasteiger partial charge on any atom is -0.363 e. The summed E-state index contributed by atoms with van der Waals surface area (Å²) in [6.45, 7) is 0.732. The molecule has 1 fully saturated rings. The lowest BCUT2D eigenvalue weighted by molar-refractivity contribution is -0.137. The Morgan fingerprint density at radius 2 is 1.69 bits per heavy atom. The van der Waals surface area contributed by atoms with Gasteiger partial charge in [0.1, 0.15) is 6.33 Å². The molecule has 0 saturated carbocycles. The zero-order valence-electron chi connectivity index (χ0n) is 18.5. The number of nitrogens with one attached hydrogen (secondary N) is 1. The van der Waals surface area contributed by atoms with E-state index in [1.807, 2.05) is 0 Å². The number of halogens is 4. The highest BCUT2D eigenvalue weighted by Crippen LogP contribution is 2.38. The maximum Gasteiger partial charge on any atom is 0.416 e. The summed E-state index contributed by atoms with van der Waals surface area (Å²) in [6.07, 6.45) is -1.79. The molecule has 1 aromatic heterocycles. The van der Waals surface area contributed by atoms with Gasteiger partial charge in [-0.15, -0.1) is 0 Å². The van der Waals surface area contributed by atoms with Crippen molar-refractivity contribution in [2.45, 2.75) is 37.4 Å². The highest BCUT2D eigenvalue weighted by atomic mass is 32.2. The van der Waals surface area contributed by atoms with Crippen molar-refractivity contribution in [3.05, 3.63) is 82.9 Å². The normalized spacial score (nSPS) is 16.5. The molecule has 0 amide bonds. The molecule has 0 bridgehead atoms. The first-order valence-electron chi connectivity index (χ1n) is 10.8. The predicted molar refractivity (Wildman–Crippen MR) is 123 cm³/mol. The van der Waals surface area contributed by atoms with Crippen LogP contribution in [0, 0.1) is 5.82 Å². The SMILES string of the molecule is NS(=O)(=O)Cc1ccc(CNc2ncnc(N3CCCC3c3ccc(C(F)(F)F)cc3)c2F)cc1. The Bertz CT molecular complexity index is 1280. The average molecular weight is 510 g/mol. The molecule has 1 saturated heterocycles. The lowest BCUT2D eigenvalue weighted by Gasteiger charge is -2.27. The van der Waals surface area contributed by atoms with Gasteiger partial charge in [0, 0.05) is 13.1 Å². The highest BCUT2D eigenvalue weighted by Gasteiger charge is 2.33. The molecule has 0 spiro atoms. The summed E-state index contributed by atoms with van der Waals surface area (Å²) in [5, 5.41) is 7.97. The van der Waals surface area contributed by atoms with Crippen molar-refractivity contribution in [2.75, 3.05) is 16.8 Å². The smallest absolute Gasteiger partial charge is 0.363 e. The number of primary sulfonamides is 1. The third-order valence-corrected chi connectivity index (χ3v) is 6.51. The van der Waals surface area contributed by atoms with Crippen LogP contribution in [-0.2, 0) is 28.5 Å². The van der Waals surface area contributed by atoms with E-state index >= 15 is 4.39 Å². The summed E-state index contributed by atoms with van der Waals surface area (Å²) in [5.74, 6) is -0.868. The minimum atomic E-state index is -4.42. The van der Waals surface area contributed by atoms with Gasteiger partial charge in [0.15, 0.2) is 11.6 Å². The van der Waals surface area contributed by atoms with E-state index in [4.69, 9.17) is 5.14 Å². The van der Waals surface area contributed by atoms with E-state index in [1.165, 1.54) is 18.5 Å². The molecule has 186 valence electrons. The zero-order valence-corrected chi connectivity index (χ0v) is 19.3. The Balaban J connectivity index is 1.48. The van der Waals surface area contributed by atoms with Gasteiger partial charge < -0.3 is 10.2 Å². The molecule has 0 aliphatic carbocycles. The number of hydrogen-bond acceptors (Lipinski definition) is 6. The summed E-state index contributed by atoms with van der Waals surface area (Å²) in [7, 11) is -3.63. The van der Waals surface area contributed by atoms with E-state index in [0.717, 1.165) is 24.1 Å². The van der Waals surface area contributed by atoms with Gasteiger partial charge in [0.25, 0.3) is 0 Å². The predicted octanol–water partition coefficient (Wildman–Crippen LogP) is 4.38. The van der Waals surface area contributed by atoms with Gasteiger partial charge in [-0.05, 0) is 41.7 Å². The van der Waals surface area contributed by atoms with Crippen molar-refractivity contribution in [1.29, 1.82) is 0 Å². The quantitative estimate of drug-likeness (QED) is 0.459. The Morgan fingerprint density at radius 3 is 2.31 bits per heavy atom. The molecule has 35 heavy (non-hydrogen) atoms. The number of alkyl halides is 3. The molecule has 3 N–H and O–H groups in total. The van der Waals surface area contributed by atoms with E-state index in [9.17, 15) is 21.6 Å². The Labute approximate surface area is 200 Å². The van der Waals surface area contributed by atoms with Crippen LogP contribution < -0.4 is 15.4 Å². The van der Waals surface area contributed by atoms with Gasteiger partial charge in [-0.3, -0.25) is 0 Å². The van der Waals surface area contributed by atoms with Gasteiger partial charge in [0.05, 0.1) is 17.4 Å². The van der Waals surface area contributed by atoms with Crippen molar-refractivity contribution in [2.24, 2.45) is 5.14 Å². The molecule has 1 aliphatic heterocycles. The van der Waals surface area contributed by atoms with Crippen molar-refractivity contribution < 1.29 is 26.0 Å². The Morgan fingerprint density at radius 1 is 1.03 bits per heavy atom. The zero-order chi connectivity index (χ0) is 25.2. The number of aromatic nitrogens is 2. The molecular formula is C23H23F4N5O2S. The van der Waals surface area contributed by atoms with E-state index in [2.05, 4.69) is 15.3 Å². The molecule has 12 heteroatoms. The molecule has 0 radical (unpaired) electrons. The van der Waals surface area contributed by atoms with Crippen molar-refractivity contribution in [3.63, 3.8) is 0 Å². The molecule has 1 unspecified atom stereocenters. The highest BCUT2D eigenvalue weighted by molar-refractivity contribution is 7.88. The maximum atomic E-state index is 15.3. The number of nitrogens with two attached hydrogens (primary N) is 1. The first kappa shape index (κ1) is 24.9. The minimum absolute atomic E-state index is 0.0123. The second kappa shape index (κ2) is 9.78. The van der Waals surface area contributed by atoms with Gasteiger partial charge in [-0.2, -0.15) is 17.6 Å². The first-order chi connectivity index (χ1) is 16.5. The molecule has 4 rings (SSSR count). The number of rotatable bonds is 7. The molecule has 1 aliphatic rings. The third kappa shape index (κ3) is 6.06. The number of nitrogens with zero attached hydrogens (tertiary/aromatic N) is 3. The summed E-state index contributed by atoms with van der Waals surface area (Å²) < 4.78 is 76.4. The lowest BCUT2D eigenvalue weighted by Crippen LogP contribution is -2.25. The van der Waals surface area contributed by atoms with Crippen LogP contribution in [0.4, 0.5) is 29.2 Å². The standard InChI is InChI=1S/C23H23F4N5O2S/c24-20-21(29-12-15-3-5-16(6-4-15)13-35(28,33)34)30-14-31-22(20)32-11-1-2-19(32)17-7-9-18(10-8-17)23(25,26)27/h3-10,14,19H,1-2,11-13H2,(H2,28,33,34)(H,29,30,31). The van der Waals surface area contributed by atoms with E-state index in [-0.39, 0.29) is 30.0 Å². The van der Waals surface area contributed by atoms with Crippen molar-refractivity contribution >= 4 is 21.7 Å². The summed E-state index contributed by atoms with van der Waals surface area (Å²) in [5.41, 5.74) is 1.23. The largest absolute Gasteiger partial charge is 0.416 e. The van der Waals surface area contributed by atoms with Crippen LogP contribution >= 0.6 is 0 Å². The topological polar surface area (TPSA) is 101 Å². The molecule has 7 nitrogen and oxygen atoms in total. The average Bonchev–Trinajstić information content (AvgIpc) is 3.27. The molecular weight excluding hydrogens is 486 g/mol. The van der Waals surface area contributed by atoms with E-state index in [1.54, 1.807) is 29.2 Å². The second-order valence-electron chi connectivity index (χ2n) is 8.31. The maximum absolute atomic E-state index is 15.3. The fourth-order valence-electron chi connectivity index (χ4n) is 4.12. The van der Waals surface area contributed by atoms with Crippen LogP contribution in [0.2, 0.25) is 0 Å². The van der Waals surface area contributed by atoms with Crippen LogP contribution in [-0.4, -0.2) is 24.9 Å². The van der Waals surface area contributed by atoms with E-state index < -0.39 is 27.6 Å². The fraction of sp³-hybridized carbons (Fsp3) is 0.304. The van der Waals surface area contributed by atoms with Gasteiger partial charge in [0.2, 0.25) is 15.8 Å². The first-order valence-corrected chi connectivity index (χ1v) is 12.5. The molecule has 3 aromatic rings. The summed E-state index contributed by atoms with van der Waals surface area (Å²) >= 11 is 0. The van der Waals surface area contributed by atoms with Crippen molar-refractivity contribution in [3.8, 4) is 0 Å². The number of anilines is 2. The number of benzene rings is 2. The van der Waals surface area contributed by atoms with Crippen LogP contribution in [0.15, 0.2) is 54.9 Å². The van der Waals surface area contributed by atoms with E-state index in [0.29, 0.717) is 24.1 Å². The molecule has 1 atom stereocenters. The van der Waals surface area contributed by atoms with Crippen LogP contribution in [0.3, 0.4) is 0 Å². The van der Waals surface area contributed by atoms with Crippen LogP contribution in [0.1, 0.15) is 41.1 Å². The second-order valence-corrected chi connectivity index (χ2v) is 9.92. The Hall–Kier alpha value is -3.25. The van der Waals surface area contributed by atoms with Crippen molar-refractivity contribution in [1.82, 2.24) is 9.97 Å².